The number of benzene rings is 1. The molecule has 0 saturated carbocycles. The van der Waals surface area contributed by atoms with Crippen LogP contribution in [0.5, 0.6) is 0 Å². The van der Waals surface area contributed by atoms with Crippen molar-refractivity contribution in [3.05, 3.63) is 35.9 Å². The standard InChI is InChI=1S/C15H18ClNO6/c1-10(2)12(13(18)22-9-23-14(16)19)17-15(20)21-8-11-6-4-3-5-7-11/h3-7,10,12H,8-9H2,1-2H3,(H,17,20)/t12-/m0/s1. The first-order chi connectivity index (χ1) is 10.9. The summed E-state index contributed by atoms with van der Waals surface area (Å²) in [6, 6.07) is 8.17. The molecule has 0 fully saturated rings. The third kappa shape index (κ3) is 7.51. The van der Waals surface area contributed by atoms with Crippen molar-refractivity contribution in [2.24, 2.45) is 5.92 Å². The molecule has 0 heterocycles. The Hall–Kier alpha value is -2.28. The van der Waals surface area contributed by atoms with E-state index in [9.17, 15) is 14.4 Å². The number of hydrogen-bond donors (Lipinski definition) is 1. The van der Waals surface area contributed by atoms with Gasteiger partial charge in [0.05, 0.1) is 0 Å². The number of amides is 1. The Bertz CT molecular complexity index is 534. The van der Waals surface area contributed by atoms with E-state index < -0.39 is 30.3 Å². The summed E-state index contributed by atoms with van der Waals surface area (Å²) in [5, 5.41) is 2.42. The number of halogens is 1. The first kappa shape index (κ1) is 18.8. The van der Waals surface area contributed by atoms with Gasteiger partial charge in [-0.2, -0.15) is 0 Å². The molecule has 0 aliphatic heterocycles. The van der Waals surface area contributed by atoms with Crippen LogP contribution in [0.4, 0.5) is 9.59 Å². The van der Waals surface area contributed by atoms with E-state index in [-0.39, 0.29) is 12.5 Å². The van der Waals surface area contributed by atoms with Crippen molar-refractivity contribution in [1.82, 2.24) is 5.32 Å². The van der Waals surface area contributed by atoms with E-state index in [1.54, 1.807) is 13.8 Å². The second-order valence-electron chi connectivity index (χ2n) is 4.89. The molecular weight excluding hydrogens is 326 g/mol. The fourth-order valence-corrected chi connectivity index (χ4v) is 1.66. The Balaban J connectivity index is 2.46. The lowest BCUT2D eigenvalue weighted by molar-refractivity contribution is -0.155. The van der Waals surface area contributed by atoms with Crippen molar-refractivity contribution < 1.29 is 28.6 Å². The molecule has 0 saturated heterocycles. The van der Waals surface area contributed by atoms with Gasteiger partial charge in [-0.25, -0.2) is 14.4 Å². The summed E-state index contributed by atoms with van der Waals surface area (Å²) in [6.45, 7) is 2.90. The van der Waals surface area contributed by atoms with Crippen LogP contribution in [0, 0.1) is 5.92 Å². The number of ether oxygens (including phenoxy) is 3. The van der Waals surface area contributed by atoms with Crippen LogP contribution in [0.3, 0.4) is 0 Å². The first-order valence-corrected chi connectivity index (χ1v) is 7.24. The zero-order chi connectivity index (χ0) is 17.2. The van der Waals surface area contributed by atoms with Gasteiger partial charge in [0.1, 0.15) is 12.6 Å². The van der Waals surface area contributed by atoms with Crippen LogP contribution in [-0.4, -0.2) is 30.3 Å². The average Bonchev–Trinajstić information content (AvgIpc) is 2.50. The second kappa shape index (κ2) is 9.68. The quantitative estimate of drug-likeness (QED) is 0.465. The molecule has 0 aliphatic rings. The minimum Gasteiger partial charge on any atom is -0.445 e. The van der Waals surface area contributed by atoms with Crippen LogP contribution in [0.15, 0.2) is 30.3 Å². The molecule has 1 aromatic rings. The van der Waals surface area contributed by atoms with Gasteiger partial charge in [-0.15, -0.1) is 0 Å². The van der Waals surface area contributed by atoms with E-state index in [2.05, 4.69) is 10.1 Å². The van der Waals surface area contributed by atoms with Gasteiger partial charge in [-0.1, -0.05) is 44.2 Å². The molecule has 1 N–H and O–H groups in total. The van der Waals surface area contributed by atoms with Crippen LogP contribution in [0.2, 0.25) is 0 Å². The Labute approximate surface area is 138 Å². The van der Waals surface area contributed by atoms with Crippen LogP contribution in [-0.2, 0) is 25.6 Å². The van der Waals surface area contributed by atoms with E-state index in [0.717, 1.165) is 5.56 Å². The Morgan fingerprint density at radius 1 is 1.09 bits per heavy atom. The molecule has 7 nitrogen and oxygen atoms in total. The van der Waals surface area contributed by atoms with Gasteiger partial charge >= 0.3 is 17.5 Å². The summed E-state index contributed by atoms with van der Waals surface area (Å²) in [7, 11) is 0. The summed E-state index contributed by atoms with van der Waals surface area (Å²) in [5.41, 5.74) is -0.269. The average molecular weight is 344 g/mol. The van der Waals surface area contributed by atoms with Crippen molar-refractivity contribution in [2.45, 2.75) is 26.5 Å². The van der Waals surface area contributed by atoms with Gasteiger partial charge in [-0.3, -0.25) is 0 Å². The number of esters is 1. The van der Waals surface area contributed by atoms with Crippen molar-refractivity contribution in [1.29, 1.82) is 0 Å². The summed E-state index contributed by atoms with van der Waals surface area (Å²) < 4.78 is 14.0. The lowest BCUT2D eigenvalue weighted by Gasteiger charge is -2.20. The molecule has 1 aromatic carbocycles. The number of hydrogen-bond acceptors (Lipinski definition) is 6. The predicted octanol–water partition coefficient (Wildman–Crippen LogP) is 2.81. The maximum Gasteiger partial charge on any atom is 0.408 e. The largest absolute Gasteiger partial charge is 0.445 e. The summed E-state index contributed by atoms with van der Waals surface area (Å²) in [5.74, 6) is -1.01. The number of carbonyl (C=O) groups is 3. The molecule has 126 valence electrons. The van der Waals surface area contributed by atoms with Gasteiger partial charge in [0, 0.05) is 11.6 Å². The van der Waals surface area contributed by atoms with Crippen molar-refractivity contribution in [3.8, 4) is 0 Å². The van der Waals surface area contributed by atoms with Crippen molar-refractivity contribution >= 4 is 29.1 Å². The van der Waals surface area contributed by atoms with E-state index in [1.165, 1.54) is 0 Å². The summed E-state index contributed by atoms with van der Waals surface area (Å²) in [4.78, 5) is 34.0. The molecular formula is C15H18ClNO6. The third-order valence-corrected chi connectivity index (χ3v) is 2.89. The highest BCUT2D eigenvalue weighted by molar-refractivity contribution is 6.61. The SMILES string of the molecule is CC(C)[C@H](NC(=O)OCc1ccccc1)C(=O)OCOC(=O)Cl. The highest BCUT2D eigenvalue weighted by Crippen LogP contribution is 2.06. The van der Waals surface area contributed by atoms with Gasteiger partial charge in [0.25, 0.3) is 0 Å². The Morgan fingerprint density at radius 3 is 2.30 bits per heavy atom. The maximum atomic E-state index is 11.8. The molecule has 8 heteroatoms. The maximum absolute atomic E-state index is 11.8. The minimum absolute atomic E-state index is 0.0798. The molecule has 1 rings (SSSR count). The fourth-order valence-electron chi connectivity index (χ4n) is 1.61. The van der Waals surface area contributed by atoms with Crippen LogP contribution in [0.25, 0.3) is 0 Å². The van der Waals surface area contributed by atoms with E-state index in [1.807, 2.05) is 30.3 Å². The normalized spacial score (nSPS) is 11.5. The third-order valence-electron chi connectivity index (χ3n) is 2.78. The van der Waals surface area contributed by atoms with Gasteiger partial charge in [0.15, 0.2) is 0 Å². The van der Waals surface area contributed by atoms with Crippen LogP contribution >= 0.6 is 11.6 Å². The molecule has 0 spiro atoms. The lowest BCUT2D eigenvalue weighted by atomic mass is 10.1. The molecule has 0 aromatic heterocycles. The topological polar surface area (TPSA) is 90.9 Å². The Morgan fingerprint density at radius 2 is 1.74 bits per heavy atom. The molecule has 23 heavy (non-hydrogen) atoms. The van der Waals surface area contributed by atoms with E-state index in [4.69, 9.17) is 21.1 Å². The zero-order valence-electron chi connectivity index (χ0n) is 12.8. The zero-order valence-corrected chi connectivity index (χ0v) is 13.5. The van der Waals surface area contributed by atoms with E-state index in [0.29, 0.717) is 0 Å². The Kier molecular flexibility index (Phi) is 7.90. The molecule has 0 aliphatic carbocycles. The molecule has 1 atom stereocenters. The molecule has 0 bridgehead atoms. The molecule has 0 radical (unpaired) electrons. The van der Waals surface area contributed by atoms with Crippen molar-refractivity contribution in [3.63, 3.8) is 0 Å². The van der Waals surface area contributed by atoms with Gasteiger partial charge < -0.3 is 19.5 Å². The minimum atomic E-state index is -1.09. The molecule has 1 amide bonds. The van der Waals surface area contributed by atoms with Crippen LogP contribution in [0.1, 0.15) is 19.4 Å². The number of carbonyl (C=O) groups excluding carboxylic acids is 3. The highest BCUT2D eigenvalue weighted by atomic mass is 35.5. The number of alkyl carbamates (subject to hydrolysis) is 1. The fraction of sp³-hybridized carbons (Fsp3) is 0.400. The smallest absolute Gasteiger partial charge is 0.408 e. The summed E-state index contributed by atoms with van der Waals surface area (Å²) in [6.07, 6.45) is -0.751. The van der Waals surface area contributed by atoms with Crippen molar-refractivity contribution in [2.75, 3.05) is 6.79 Å². The lowest BCUT2D eigenvalue weighted by Crippen LogP contribution is -2.45. The van der Waals surface area contributed by atoms with Gasteiger partial charge in [-0.05, 0) is 11.5 Å². The highest BCUT2D eigenvalue weighted by Gasteiger charge is 2.26. The number of nitrogens with one attached hydrogen (secondary N) is 1. The van der Waals surface area contributed by atoms with Crippen LogP contribution < -0.4 is 5.32 Å². The first-order valence-electron chi connectivity index (χ1n) is 6.86. The van der Waals surface area contributed by atoms with Gasteiger partial charge in [0.2, 0.25) is 6.79 Å². The predicted molar refractivity (Wildman–Crippen MR) is 81.7 cm³/mol. The monoisotopic (exact) mass is 343 g/mol. The van der Waals surface area contributed by atoms with E-state index >= 15 is 0 Å². The number of rotatable bonds is 7. The summed E-state index contributed by atoms with van der Waals surface area (Å²) >= 11 is 4.94. The second-order valence-corrected chi connectivity index (χ2v) is 5.20. The molecule has 0 unspecified atom stereocenters.